The van der Waals surface area contributed by atoms with Gasteiger partial charge in [-0.3, -0.25) is 4.79 Å². The van der Waals surface area contributed by atoms with E-state index in [1.807, 2.05) is 7.05 Å². The summed E-state index contributed by atoms with van der Waals surface area (Å²) in [6.07, 6.45) is 6.13. The van der Waals surface area contributed by atoms with Gasteiger partial charge in [0.15, 0.2) is 0 Å². The quantitative estimate of drug-likeness (QED) is 0.783. The van der Waals surface area contributed by atoms with Crippen molar-refractivity contribution in [2.24, 2.45) is 17.3 Å². The molecule has 1 aliphatic rings. The van der Waals surface area contributed by atoms with Crippen molar-refractivity contribution in [2.45, 2.75) is 52.4 Å². The van der Waals surface area contributed by atoms with Gasteiger partial charge in [0.05, 0.1) is 6.42 Å². The number of hydrogen-bond acceptors (Lipinski definition) is 2. The van der Waals surface area contributed by atoms with E-state index in [9.17, 15) is 4.79 Å². The summed E-state index contributed by atoms with van der Waals surface area (Å²) in [6, 6.07) is 0. The van der Waals surface area contributed by atoms with Crippen LogP contribution in [0.2, 0.25) is 0 Å². The molecule has 1 aliphatic carbocycles. The lowest BCUT2D eigenvalue weighted by molar-refractivity contribution is -0.141. The van der Waals surface area contributed by atoms with Gasteiger partial charge in [-0.25, -0.2) is 0 Å². The molecule has 1 unspecified atom stereocenters. The number of halogens is 1. The fraction of sp³-hybridized carbons (Fsp3) is 0.929. The molecule has 0 radical (unpaired) electrons. The van der Waals surface area contributed by atoms with Crippen molar-refractivity contribution in [1.29, 1.82) is 0 Å². The van der Waals surface area contributed by atoms with Gasteiger partial charge < -0.3 is 10.4 Å². The standard InChI is InChI=1S/C14H27NO2.ClH/c1-4-11-6-12(5-2)8-14(7-11,10-15-3)9-13(16)17;/h11-12,15H,4-10H2,1-3H3,(H,16,17);1H/t11-,12+,14?;. The molecule has 0 amide bonds. The Balaban J connectivity index is 0.00000289. The minimum atomic E-state index is -0.646. The van der Waals surface area contributed by atoms with E-state index in [0.717, 1.165) is 19.4 Å². The second kappa shape index (κ2) is 8.00. The number of carboxylic acid groups (broad SMARTS) is 1. The number of hydrogen-bond donors (Lipinski definition) is 2. The molecular formula is C14H28ClNO2. The highest BCUT2D eigenvalue weighted by molar-refractivity contribution is 5.85. The van der Waals surface area contributed by atoms with E-state index in [-0.39, 0.29) is 17.8 Å². The first-order chi connectivity index (χ1) is 8.05. The molecule has 3 atom stereocenters. The zero-order chi connectivity index (χ0) is 12.9. The van der Waals surface area contributed by atoms with E-state index in [1.165, 1.54) is 19.3 Å². The Morgan fingerprint density at radius 1 is 1.28 bits per heavy atom. The lowest BCUT2D eigenvalue weighted by atomic mass is 9.62. The first kappa shape index (κ1) is 17.7. The third kappa shape index (κ3) is 4.77. The molecule has 108 valence electrons. The number of nitrogens with one attached hydrogen (secondary N) is 1. The van der Waals surface area contributed by atoms with Crippen LogP contribution >= 0.6 is 12.4 Å². The highest BCUT2D eigenvalue weighted by atomic mass is 35.5. The lowest BCUT2D eigenvalue weighted by Crippen LogP contribution is -2.41. The molecule has 0 bridgehead atoms. The minimum absolute atomic E-state index is 0. The molecule has 0 spiro atoms. The van der Waals surface area contributed by atoms with Crippen LogP contribution in [-0.4, -0.2) is 24.7 Å². The summed E-state index contributed by atoms with van der Waals surface area (Å²) in [5, 5.41) is 12.4. The Kier molecular flexibility index (Phi) is 7.88. The highest BCUT2D eigenvalue weighted by Gasteiger charge is 2.40. The molecule has 0 saturated heterocycles. The first-order valence-corrected chi connectivity index (χ1v) is 6.91. The van der Waals surface area contributed by atoms with Crippen molar-refractivity contribution in [3.05, 3.63) is 0 Å². The number of carbonyl (C=O) groups is 1. The third-order valence-electron chi connectivity index (χ3n) is 4.34. The van der Waals surface area contributed by atoms with Crippen LogP contribution in [0.1, 0.15) is 52.4 Å². The summed E-state index contributed by atoms with van der Waals surface area (Å²) < 4.78 is 0. The zero-order valence-electron chi connectivity index (χ0n) is 11.9. The molecular weight excluding hydrogens is 250 g/mol. The highest BCUT2D eigenvalue weighted by Crippen LogP contribution is 2.46. The van der Waals surface area contributed by atoms with Crippen molar-refractivity contribution >= 4 is 18.4 Å². The van der Waals surface area contributed by atoms with Crippen molar-refractivity contribution in [3.63, 3.8) is 0 Å². The van der Waals surface area contributed by atoms with Crippen LogP contribution in [0, 0.1) is 17.3 Å². The van der Waals surface area contributed by atoms with E-state index in [1.54, 1.807) is 0 Å². The Bertz CT molecular complexity index is 246. The fourth-order valence-electron chi connectivity index (χ4n) is 3.62. The monoisotopic (exact) mass is 277 g/mol. The maximum Gasteiger partial charge on any atom is 0.303 e. The number of carboxylic acids is 1. The topological polar surface area (TPSA) is 49.3 Å². The second-order valence-electron chi connectivity index (χ2n) is 5.79. The van der Waals surface area contributed by atoms with E-state index >= 15 is 0 Å². The Morgan fingerprint density at radius 2 is 1.78 bits per heavy atom. The van der Waals surface area contributed by atoms with Crippen molar-refractivity contribution in [2.75, 3.05) is 13.6 Å². The van der Waals surface area contributed by atoms with E-state index < -0.39 is 5.97 Å². The average Bonchev–Trinajstić information content (AvgIpc) is 2.27. The summed E-state index contributed by atoms with van der Waals surface area (Å²) in [4.78, 5) is 11.1. The molecule has 1 rings (SSSR count). The molecule has 1 saturated carbocycles. The summed E-state index contributed by atoms with van der Waals surface area (Å²) in [6.45, 7) is 5.30. The van der Waals surface area contributed by atoms with Crippen LogP contribution in [0.5, 0.6) is 0 Å². The van der Waals surface area contributed by atoms with Gasteiger partial charge in [0, 0.05) is 6.54 Å². The van der Waals surface area contributed by atoms with Gasteiger partial charge in [-0.15, -0.1) is 12.4 Å². The van der Waals surface area contributed by atoms with Crippen LogP contribution in [0.3, 0.4) is 0 Å². The van der Waals surface area contributed by atoms with Crippen molar-refractivity contribution in [3.8, 4) is 0 Å². The summed E-state index contributed by atoms with van der Waals surface area (Å²) in [5.74, 6) is 0.773. The zero-order valence-corrected chi connectivity index (χ0v) is 12.7. The van der Waals surface area contributed by atoms with Crippen LogP contribution in [-0.2, 0) is 4.79 Å². The van der Waals surface area contributed by atoms with Gasteiger partial charge in [0.2, 0.25) is 0 Å². The predicted octanol–water partition coefficient (Wildman–Crippen LogP) is 3.33. The van der Waals surface area contributed by atoms with Gasteiger partial charge in [-0.05, 0) is 43.6 Å². The smallest absolute Gasteiger partial charge is 0.303 e. The van der Waals surface area contributed by atoms with Gasteiger partial charge in [0.25, 0.3) is 0 Å². The predicted molar refractivity (Wildman–Crippen MR) is 77.3 cm³/mol. The second-order valence-corrected chi connectivity index (χ2v) is 5.79. The third-order valence-corrected chi connectivity index (χ3v) is 4.34. The molecule has 0 aromatic heterocycles. The lowest BCUT2D eigenvalue weighted by Gasteiger charge is -2.44. The van der Waals surface area contributed by atoms with E-state index in [0.29, 0.717) is 18.3 Å². The maximum atomic E-state index is 11.1. The van der Waals surface area contributed by atoms with Crippen molar-refractivity contribution in [1.82, 2.24) is 5.32 Å². The molecule has 4 heteroatoms. The van der Waals surface area contributed by atoms with Gasteiger partial charge in [-0.1, -0.05) is 26.7 Å². The minimum Gasteiger partial charge on any atom is -0.481 e. The SMILES string of the molecule is CC[C@@H]1C[C@H](CC)CC(CNC)(CC(=O)O)C1.Cl. The molecule has 0 aromatic rings. The summed E-state index contributed by atoms with van der Waals surface area (Å²) in [5.41, 5.74) is -0.0137. The molecule has 0 heterocycles. The number of aliphatic carboxylic acids is 1. The van der Waals surface area contributed by atoms with E-state index in [4.69, 9.17) is 5.11 Å². The van der Waals surface area contributed by atoms with Crippen LogP contribution in [0.4, 0.5) is 0 Å². The van der Waals surface area contributed by atoms with E-state index in [2.05, 4.69) is 19.2 Å². The Morgan fingerprint density at radius 3 is 2.11 bits per heavy atom. The molecule has 2 N–H and O–H groups in total. The molecule has 3 nitrogen and oxygen atoms in total. The number of rotatable bonds is 6. The molecule has 0 aromatic carbocycles. The molecule has 18 heavy (non-hydrogen) atoms. The van der Waals surface area contributed by atoms with Gasteiger partial charge >= 0.3 is 5.97 Å². The van der Waals surface area contributed by atoms with Crippen LogP contribution < -0.4 is 5.32 Å². The van der Waals surface area contributed by atoms with Crippen LogP contribution in [0.25, 0.3) is 0 Å². The van der Waals surface area contributed by atoms with Gasteiger partial charge in [0.1, 0.15) is 0 Å². The van der Waals surface area contributed by atoms with Crippen LogP contribution in [0.15, 0.2) is 0 Å². The largest absolute Gasteiger partial charge is 0.481 e. The normalized spacial score (nSPS) is 31.7. The molecule has 1 fully saturated rings. The van der Waals surface area contributed by atoms with Crippen molar-refractivity contribution < 1.29 is 9.90 Å². The fourth-order valence-corrected chi connectivity index (χ4v) is 3.62. The first-order valence-electron chi connectivity index (χ1n) is 6.91. The Hall–Kier alpha value is -0.280. The average molecular weight is 278 g/mol. The van der Waals surface area contributed by atoms with Gasteiger partial charge in [-0.2, -0.15) is 0 Å². The maximum absolute atomic E-state index is 11.1. The Labute approximate surface area is 117 Å². The molecule has 0 aliphatic heterocycles. The summed E-state index contributed by atoms with van der Waals surface area (Å²) >= 11 is 0. The summed E-state index contributed by atoms with van der Waals surface area (Å²) in [7, 11) is 1.93.